The lowest BCUT2D eigenvalue weighted by Gasteiger charge is -2.17. The van der Waals surface area contributed by atoms with Crippen LogP contribution in [0.25, 0.3) is 0 Å². The minimum Gasteiger partial charge on any atom is -0.387 e. The Kier molecular flexibility index (Phi) is 3.95. The van der Waals surface area contributed by atoms with Gasteiger partial charge in [-0.1, -0.05) is 0 Å². The predicted octanol–water partition coefficient (Wildman–Crippen LogP) is -1.65. The molecule has 0 unspecified atom stereocenters. The number of primary amides is 1. The van der Waals surface area contributed by atoms with E-state index >= 15 is 0 Å². The van der Waals surface area contributed by atoms with Crippen molar-refractivity contribution in [3.8, 4) is 0 Å². The van der Waals surface area contributed by atoms with Gasteiger partial charge in [-0.25, -0.2) is 4.98 Å². The summed E-state index contributed by atoms with van der Waals surface area (Å²) in [6.07, 6.45) is -2.66. The number of aliphatic hydroxyl groups is 2. The number of nitrogens with two attached hydrogens (primary N) is 2. The maximum Gasteiger partial charge on any atom is 0.223 e. The zero-order valence-electron chi connectivity index (χ0n) is 9.94. The number of carbonyl (C=O) groups excluding carboxylic acids is 1. The summed E-state index contributed by atoms with van der Waals surface area (Å²) < 4.78 is 6.76. The van der Waals surface area contributed by atoms with Crippen molar-refractivity contribution in [2.24, 2.45) is 5.73 Å². The Labute approximate surface area is 113 Å². The van der Waals surface area contributed by atoms with Gasteiger partial charge in [0.2, 0.25) is 5.91 Å². The summed E-state index contributed by atoms with van der Waals surface area (Å²) in [5.41, 5.74) is 11.2. The van der Waals surface area contributed by atoms with Crippen LogP contribution in [-0.4, -0.2) is 49.9 Å². The Morgan fingerprint density at radius 2 is 2.21 bits per heavy atom. The van der Waals surface area contributed by atoms with E-state index in [-0.39, 0.29) is 18.1 Å². The molecule has 4 atom stereocenters. The van der Waals surface area contributed by atoms with Gasteiger partial charge in [-0.2, -0.15) is 0 Å². The number of aliphatic hydroxyl groups excluding tert-OH is 2. The number of alkyl halides is 1. The van der Waals surface area contributed by atoms with E-state index in [0.29, 0.717) is 5.69 Å². The van der Waals surface area contributed by atoms with E-state index in [0.717, 1.165) is 0 Å². The quantitative estimate of drug-likeness (QED) is 0.490. The van der Waals surface area contributed by atoms with Gasteiger partial charge in [0.05, 0.1) is 24.3 Å². The van der Waals surface area contributed by atoms with Crippen LogP contribution in [0.3, 0.4) is 0 Å². The van der Waals surface area contributed by atoms with Crippen LogP contribution in [0.4, 0.5) is 5.82 Å². The lowest BCUT2D eigenvalue weighted by Crippen LogP contribution is -2.32. The smallest absolute Gasteiger partial charge is 0.223 e. The van der Waals surface area contributed by atoms with Gasteiger partial charge in [0.25, 0.3) is 0 Å². The molecule has 2 rings (SSSR count). The molecule has 19 heavy (non-hydrogen) atoms. The number of nitrogen functional groups attached to an aromatic ring is 1. The fraction of sp³-hybridized carbons (Fsp3) is 0.600. The summed E-state index contributed by atoms with van der Waals surface area (Å²) in [5.74, 6) is -0.369. The van der Waals surface area contributed by atoms with E-state index in [1.807, 2.05) is 0 Å². The molecule has 2 heterocycles. The number of rotatable bonds is 4. The molecule has 0 radical (unpaired) electrons. The molecule has 1 amide bonds. The highest BCUT2D eigenvalue weighted by Crippen LogP contribution is 2.32. The van der Waals surface area contributed by atoms with Crippen LogP contribution in [0.15, 0.2) is 6.33 Å². The highest BCUT2D eigenvalue weighted by molar-refractivity contribution is 6.18. The lowest BCUT2D eigenvalue weighted by atomic mass is 10.1. The Balaban J connectivity index is 2.23. The zero-order valence-corrected chi connectivity index (χ0v) is 10.7. The number of halogens is 1. The monoisotopic (exact) mass is 290 g/mol. The van der Waals surface area contributed by atoms with Crippen LogP contribution >= 0.6 is 11.6 Å². The van der Waals surface area contributed by atoms with E-state index in [4.69, 9.17) is 27.8 Å². The number of hydrogen-bond acceptors (Lipinski definition) is 6. The van der Waals surface area contributed by atoms with Gasteiger partial charge in [-0.05, 0) is 0 Å². The van der Waals surface area contributed by atoms with Gasteiger partial charge < -0.3 is 26.4 Å². The number of imidazole rings is 1. The number of ether oxygens (including phenoxy) is 1. The molecule has 9 heteroatoms. The van der Waals surface area contributed by atoms with Crippen molar-refractivity contribution in [2.45, 2.75) is 31.0 Å². The van der Waals surface area contributed by atoms with Crippen molar-refractivity contribution in [1.82, 2.24) is 9.55 Å². The second kappa shape index (κ2) is 5.33. The van der Waals surface area contributed by atoms with Gasteiger partial charge in [-0.3, -0.25) is 9.36 Å². The average molecular weight is 291 g/mol. The molecule has 0 saturated carbocycles. The van der Waals surface area contributed by atoms with Gasteiger partial charge in [0.15, 0.2) is 6.23 Å². The molecule has 0 aromatic carbocycles. The number of nitrogens with zero attached hydrogens (tertiary/aromatic N) is 2. The first-order chi connectivity index (χ1) is 8.95. The maximum absolute atomic E-state index is 10.8. The van der Waals surface area contributed by atoms with Crippen molar-refractivity contribution in [2.75, 3.05) is 11.6 Å². The molecule has 0 bridgehead atoms. The Morgan fingerprint density at radius 3 is 2.74 bits per heavy atom. The molecule has 106 valence electrons. The third-order valence-electron chi connectivity index (χ3n) is 3.02. The topological polar surface area (TPSA) is 137 Å². The van der Waals surface area contributed by atoms with Gasteiger partial charge in [0.1, 0.15) is 24.1 Å². The van der Waals surface area contributed by atoms with Crippen LogP contribution in [0, 0.1) is 0 Å². The number of hydrogen-bond donors (Lipinski definition) is 4. The summed E-state index contributed by atoms with van der Waals surface area (Å²) in [5, 5.41) is 19.6. The Hall–Kier alpha value is -1.35. The summed E-state index contributed by atoms with van der Waals surface area (Å²) in [6, 6.07) is 0. The summed E-state index contributed by atoms with van der Waals surface area (Å²) in [7, 11) is 0. The summed E-state index contributed by atoms with van der Waals surface area (Å²) in [4.78, 5) is 14.8. The van der Waals surface area contributed by atoms with E-state index < -0.39 is 30.4 Å². The van der Waals surface area contributed by atoms with E-state index in [9.17, 15) is 15.0 Å². The Bertz CT molecular complexity index is 480. The van der Waals surface area contributed by atoms with Crippen LogP contribution in [-0.2, 0) is 16.0 Å². The van der Waals surface area contributed by atoms with E-state index in [1.165, 1.54) is 10.9 Å². The van der Waals surface area contributed by atoms with Gasteiger partial charge in [-0.15, -0.1) is 11.6 Å². The molecule has 1 aromatic rings. The zero-order chi connectivity index (χ0) is 14.2. The number of amides is 1. The van der Waals surface area contributed by atoms with Gasteiger partial charge >= 0.3 is 0 Å². The highest BCUT2D eigenvalue weighted by atomic mass is 35.5. The molecular weight excluding hydrogens is 276 g/mol. The van der Waals surface area contributed by atoms with Crippen molar-refractivity contribution >= 4 is 23.3 Å². The van der Waals surface area contributed by atoms with E-state index in [2.05, 4.69) is 4.98 Å². The molecule has 1 saturated heterocycles. The first-order valence-electron chi connectivity index (χ1n) is 5.62. The highest BCUT2D eigenvalue weighted by Gasteiger charge is 2.43. The normalized spacial score (nSPS) is 30.7. The predicted molar refractivity (Wildman–Crippen MR) is 66.2 cm³/mol. The van der Waals surface area contributed by atoms with Crippen LogP contribution < -0.4 is 11.5 Å². The molecule has 8 nitrogen and oxygen atoms in total. The van der Waals surface area contributed by atoms with Crippen LogP contribution in [0.5, 0.6) is 0 Å². The third kappa shape index (κ3) is 2.52. The minimum absolute atomic E-state index is 0.0392. The van der Waals surface area contributed by atoms with Gasteiger partial charge in [0, 0.05) is 0 Å². The number of carbonyl (C=O) groups is 1. The third-order valence-corrected chi connectivity index (χ3v) is 3.32. The first-order valence-corrected chi connectivity index (χ1v) is 6.16. The largest absolute Gasteiger partial charge is 0.387 e. The fourth-order valence-corrected chi connectivity index (χ4v) is 2.26. The number of aromatic nitrogens is 2. The maximum atomic E-state index is 10.8. The second-order valence-corrected chi connectivity index (χ2v) is 4.64. The van der Waals surface area contributed by atoms with Crippen molar-refractivity contribution in [3.05, 3.63) is 12.0 Å². The molecule has 0 spiro atoms. The standard InChI is InChI=1S/C10H15ClN4O4/c11-2-5-7(17)8(18)10(19-5)15-3-14-4(9(15)13)1-6(12)16/h3,5,7-8,10,17-18H,1-2,13H2,(H2,12,16)/t5-,7-,8-,10-/m1/s1. The molecule has 1 aliphatic rings. The van der Waals surface area contributed by atoms with Crippen molar-refractivity contribution in [1.29, 1.82) is 0 Å². The lowest BCUT2D eigenvalue weighted by molar-refractivity contribution is -0.117. The molecule has 0 aliphatic carbocycles. The molecule has 1 fully saturated rings. The first kappa shape index (κ1) is 14.1. The molecular formula is C10H15ClN4O4. The van der Waals surface area contributed by atoms with Crippen molar-refractivity contribution < 1.29 is 19.7 Å². The number of anilines is 1. The van der Waals surface area contributed by atoms with Crippen LogP contribution in [0.2, 0.25) is 0 Å². The summed E-state index contributed by atoms with van der Waals surface area (Å²) in [6.45, 7) is 0. The minimum atomic E-state index is -1.18. The molecule has 1 aromatic heterocycles. The van der Waals surface area contributed by atoms with E-state index in [1.54, 1.807) is 0 Å². The SMILES string of the molecule is NC(=O)Cc1ncn([C@@H]2O[C@H](CCl)[C@@H](O)[C@H]2O)c1N. The Morgan fingerprint density at radius 1 is 1.53 bits per heavy atom. The molecule has 1 aliphatic heterocycles. The summed E-state index contributed by atoms with van der Waals surface area (Å²) >= 11 is 5.62. The fourth-order valence-electron chi connectivity index (χ4n) is 2.00. The van der Waals surface area contributed by atoms with Crippen LogP contribution in [0.1, 0.15) is 11.9 Å². The van der Waals surface area contributed by atoms with Crippen molar-refractivity contribution in [3.63, 3.8) is 0 Å². The second-order valence-electron chi connectivity index (χ2n) is 4.33. The molecule has 6 N–H and O–H groups in total. The average Bonchev–Trinajstić information content (AvgIpc) is 2.83.